The van der Waals surface area contributed by atoms with E-state index in [1.165, 1.54) is 0 Å². The number of sulfonamides is 1. The summed E-state index contributed by atoms with van der Waals surface area (Å²) in [6.07, 6.45) is 1.06. The maximum absolute atomic E-state index is 12.1. The zero-order valence-electron chi connectivity index (χ0n) is 11.4. The molecule has 5 nitrogen and oxygen atoms in total. The molecule has 1 heterocycles. The van der Waals surface area contributed by atoms with E-state index in [0.717, 1.165) is 30.8 Å². The fraction of sp³-hybridized carbons (Fsp3) is 0.727. The van der Waals surface area contributed by atoms with E-state index in [2.05, 4.69) is 28.5 Å². The van der Waals surface area contributed by atoms with Crippen molar-refractivity contribution in [2.24, 2.45) is 0 Å². The fourth-order valence-electron chi connectivity index (χ4n) is 1.75. The normalized spacial score (nSPS) is 12.3. The van der Waals surface area contributed by atoms with Gasteiger partial charge in [0, 0.05) is 13.1 Å². The zero-order chi connectivity index (χ0) is 14.5. The number of likely N-dealkylation sites (N-methyl/N-ethyl adjacent to an activating group) is 1. The first kappa shape index (κ1) is 16.8. The average Bonchev–Trinajstić information content (AvgIpc) is 2.68. The molecule has 1 N–H and O–H groups in total. The summed E-state index contributed by atoms with van der Waals surface area (Å²) in [7, 11) is -3.49. The lowest BCUT2D eigenvalue weighted by Crippen LogP contribution is -2.35. The standard InChI is InChI=1S/C11H20ClN3O2S2/c1-4-7-15(5-2)8-6-13-19(16,17)10-9(3)14-11(12)18-10/h13H,4-8H2,1-3H3. The molecule has 110 valence electrons. The Labute approximate surface area is 124 Å². The molecule has 0 aliphatic heterocycles. The van der Waals surface area contributed by atoms with Gasteiger partial charge in [0.15, 0.2) is 8.68 Å². The van der Waals surface area contributed by atoms with Crippen LogP contribution in [-0.4, -0.2) is 44.5 Å². The van der Waals surface area contributed by atoms with Crippen LogP contribution in [-0.2, 0) is 10.0 Å². The van der Waals surface area contributed by atoms with Crippen LogP contribution >= 0.6 is 22.9 Å². The van der Waals surface area contributed by atoms with Gasteiger partial charge in [-0.15, -0.1) is 0 Å². The van der Waals surface area contributed by atoms with Crippen molar-refractivity contribution in [1.29, 1.82) is 0 Å². The van der Waals surface area contributed by atoms with Gasteiger partial charge in [-0.3, -0.25) is 0 Å². The first-order valence-corrected chi connectivity index (χ1v) is 8.93. The third-order valence-electron chi connectivity index (χ3n) is 2.68. The number of nitrogens with one attached hydrogen (secondary N) is 1. The second-order valence-electron chi connectivity index (χ2n) is 4.17. The van der Waals surface area contributed by atoms with Crippen LogP contribution in [0.5, 0.6) is 0 Å². The van der Waals surface area contributed by atoms with Crippen LogP contribution in [0.3, 0.4) is 0 Å². The Balaban J connectivity index is 2.59. The number of aromatic nitrogens is 1. The first-order chi connectivity index (χ1) is 8.90. The lowest BCUT2D eigenvalue weighted by atomic mass is 10.4. The summed E-state index contributed by atoms with van der Waals surface area (Å²) in [5, 5.41) is 0. The van der Waals surface area contributed by atoms with Crippen molar-refractivity contribution in [2.75, 3.05) is 26.2 Å². The Morgan fingerprint density at radius 2 is 2.05 bits per heavy atom. The molecule has 0 radical (unpaired) electrons. The van der Waals surface area contributed by atoms with E-state index >= 15 is 0 Å². The van der Waals surface area contributed by atoms with Crippen LogP contribution < -0.4 is 4.72 Å². The molecule has 1 aromatic heterocycles. The predicted octanol–water partition coefficient (Wildman–Crippen LogP) is 2.12. The monoisotopic (exact) mass is 325 g/mol. The van der Waals surface area contributed by atoms with Gasteiger partial charge in [-0.1, -0.05) is 36.8 Å². The Morgan fingerprint density at radius 1 is 1.37 bits per heavy atom. The summed E-state index contributed by atoms with van der Waals surface area (Å²) >= 11 is 6.71. The number of nitrogens with zero attached hydrogens (tertiary/aromatic N) is 2. The molecule has 1 rings (SSSR count). The Bertz CT molecular complexity index is 502. The van der Waals surface area contributed by atoms with Crippen LogP contribution in [0.2, 0.25) is 4.47 Å². The Morgan fingerprint density at radius 3 is 2.53 bits per heavy atom. The quantitative estimate of drug-likeness (QED) is 0.795. The molecule has 0 amide bonds. The second-order valence-corrected chi connectivity index (χ2v) is 7.72. The van der Waals surface area contributed by atoms with E-state index in [1.807, 2.05) is 0 Å². The van der Waals surface area contributed by atoms with Crippen molar-refractivity contribution in [2.45, 2.75) is 31.4 Å². The van der Waals surface area contributed by atoms with Gasteiger partial charge in [0.25, 0.3) is 10.0 Å². The number of rotatable bonds is 8. The molecular weight excluding hydrogens is 306 g/mol. The van der Waals surface area contributed by atoms with Crippen molar-refractivity contribution in [3.8, 4) is 0 Å². The minimum atomic E-state index is -3.49. The summed E-state index contributed by atoms with van der Waals surface area (Å²) in [6, 6.07) is 0. The third kappa shape index (κ3) is 5.00. The van der Waals surface area contributed by atoms with E-state index in [9.17, 15) is 8.42 Å². The highest BCUT2D eigenvalue weighted by atomic mass is 35.5. The Hall–Kier alpha value is -0.210. The van der Waals surface area contributed by atoms with Gasteiger partial charge < -0.3 is 4.90 Å². The molecular formula is C11H20ClN3O2S2. The SMILES string of the molecule is CCCN(CC)CCNS(=O)(=O)c1sc(Cl)nc1C. The zero-order valence-corrected chi connectivity index (χ0v) is 13.8. The first-order valence-electron chi connectivity index (χ1n) is 6.25. The minimum Gasteiger partial charge on any atom is -0.302 e. The highest BCUT2D eigenvalue weighted by molar-refractivity contribution is 7.91. The summed E-state index contributed by atoms with van der Waals surface area (Å²) in [4.78, 5) is 6.12. The maximum Gasteiger partial charge on any atom is 0.252 e. The van der Waals surface area contributed by atoms with Gasteiger partial charge in [0.2, 0.25) is 0 Å². The van der Waals surface area contributed by atoms with Gasteiger partial charge in [0.05, 0.1) is 5.69 Å². The highest BCUT2D eigenvalue weighted by Gasteiger charge is 2.21. The van der Waals surface area contributed by atoms with Gasteiger partial charge in [-0.05, 0) is 26.4 Å². The van der Waals surface area contributed by atoms with Crippen molar-refractivity contribution in [1.82, 2.24) is 14.6 Å². The lowest BCUT2D eigenvalue weighted by molar-refractivity contribution is 0.293. The lowest BCUT2D eigenvalue weighted by Gasteiger charge is -2.19. The molecule has 8 heteroatoms. The predicted molar refractivity (Wildman–Crippen MR) is 79.5 cm³/mol. The van der Waals surface area contributed by atoms with E-state index in [-0.39, 0.29) is 8.68 Å². The van der Waals surface area contributed by atoms with Crippen LogP contribution in [0, 0.1) is 6.92 Å². The van der Waals surface area contributed by atoms with E-state index < -0.39 is 10.0 Å². The van der Waals surface area contributed by atoms with Gasteiger partial charge >= 0.3 is 0 Å². The smallest absolute Gasteiger partial charge is 0.252 e. The second kappa shape index (κ2) is 7.54. The van der Waals surface area contributed by atoms with Crippen molar-refractivity contribution >= 4 is 33.0 Å². The van der Waals surface area contributed by atoms with Crippen molar-refractivity contribution in [3.63, 3.8) is 0 Å². The molecule has 0 bridgehead atoms. The largest absolute Gasteiger partial charge is 0.302 e. The molecule has 0 aliphatic carbocycles. The third-order valence-corrected chi connectivity index (χ3v) is 6.01. The molecule has 0 fully saturated rings. The summed E-state index contributed by atoms with van der Waals surface area (Å²) in [6.45, 7) is 8.81. The molecule has 0 saturated carbocycles. The maximum atomic E-state index is 12.1. The average molecular weight is 326 g/mol. The molecule has 0 aliphatic rings. The number of hydrogen-bond acceptors (Lipinski definition) is 5. The molecule has 0 atom stereocenters. The van der Waals surface area contributed by atoms with Crippen molar-refractivity contribution in [3.05, 3.63) is 10.2 Å². The number of hydrogen-bond donors (Lipinski definition) is 1. The van der Waals surface area contributed by atoms with Crippen LogP contribution in [0.1, 0.15) is 26.0 Å². The number of thiazole rings is 1. The summed E-state index contributed by atoms with van der Waals surface area (Å²) in [5.41, 5.74) is 0.448. The molecule has 0 aromatic carbocycles. The number of aryl methyl sites for hydroxylation is 1. The van der Waals surface area contributed by atoms with Crippen molar-refractivity contribution < 1.29 is 8.42 Å². The van der Waals surface area contributed by atoms with Gasteiger partial charge in [-0.25, -0.2) is 18.1 Å². The van der Waals surface area contributed by atoms with Crippen LogP contribution in [0.25, 0.3) is 0 Å². The molecule has 0 saturated heterocycles. The highest BCUT2D eigenvalue weighted by Crippen LogP contribution is 2.26. The Kier molecular flexibility index (Phi) is 6.68. The van der Waals surface area contributed by atoms with Gasteiger partial charge in [-0.2, -0.15) is 0 Å². The van der Waals surface area contributed by atoms with E-state index in [1.54, 1.807) is 6.92 Å². The van der Waals surface area contributed by atoms with Crippen LogP contribution in [0.15, 0.2) is 4.21 Å². The van der Waals surface area contributed by atoms with E-state index in [4.69, 9.17) is 11.6 Å². The van der Waals surface area contributed by atoms with Crippen LogP contribution in [0.4, 0.5) is 0 Å². The minimum absolute atomic E-state index is 0.205. The fourth-order valence-corrected chi connectivity index (χ4v) is 4.55. The van der Waals surface area contributed by atoms with E-state index in [0.29, 0.717) is 18.8 Å². The topological polar surface area (TPSA) is 62.3 Å². The molecule has 0 unspecified atom stereocenters. The number of halogens is 1. The molecule has 1 aromatic rings. The summed E-state index contributed by atoms with van der Waals surface area (Å²) < 4.78 is 27.2. The van der Waals surface area contributed by atoms with Gasteiger partial charge in [0.1, 0.15) is 0 Å². The summed E-state index contributed by atoms with van der Waals surface area (Å²) in [5.74, 6) is 0. The molecule has 0 spiro atoms. The molecule has 19 heavy (non-hydrogen) atoms.